The van der Waals surface area contributed by atoms with Crippen molar-refractivity contribution < 1.29 is 19.1 Å². The third-order valence-electron chi connectivity index (χ3n) is 4.58. The summed E-state index contributed by atoms with van der Waals surface area (Å²) in [5.74, 6) is 0.769. The highest BCUT2D eigenvalue weighted by Gasteiger charge is 2.17. The zero-order valence-corrected chi connectivity index (χ0v) is 15.8. The molecule has 0 spiro atoms. The van der Waals surface area contributed by atoms with Gasteiger partial charge in [-0.3, -0.25) is 14.6 Å². The molecule has 2 aromatic carbocycles. The van der Waals surface area contributed by atoms with Gasteiger partial charge in [-0.2, -0.15) is 0 Å². The van der Waals surface area contributed by atoms with E-state index in [1.807, 2.05) is 42.5 Å². The first-order valence-corrected chi connectivity index (χ1v) is 9.08. The minimum absolute atomic E-state index is 0.179. The molecular formula is C22H19N3O4. The molecule has 0 bridgehead atoms. The van der Waals surface area contributed by atoms with Crippen LogP contribution in [0.4, 0.5) is 5.69 Å². The summed E-state index contributed by atoms with van der Waals surface area (Å²) in [5, 5.41) is 2.81. The van der Waals surface area contributed by atoms with E-state index in [2.05, 4.69) is 10.3 Å². The molecule has 1 aliphatic rings. The number of carbonyl (C=O) groups is 2. The number of para-hydroxylation sites is 1. The Labute approximate surface area is 167 Å². The maximum atomic E-state index is 12.7. The molecule has 4 rings (SSSR count). The second-order valence-electron chi connectivity index (χ2n) is 6.50. The molecule has 3 aromatic rings. The standard InChI is InChI=1S/C22H19N3O4/c1-25(17-5-3-2-4-6-17)22(27)16-9-10-23-18(12-16)21(26)24-13-15-7-8-19-20(11-15)29-14-28-19/h2-12H,13-14H2,1H3,(H,24,26). The lowest BCUT2D eigenvalue weighted by Crippen LogP contribution is -2.28. The van der Waals surface area contributed by atoms with Crippen LogP contribution in [0.2, 0.25) is 0 Å². The van der Waals surface area contributed by atoms with E-state index in [1.165, 1.54) is 17.2 Å². The number of aromatic nitrogens is 1. The first-order chi connectivity index (χ1) is 14.1. The van der Waals surface area contributed by atoms with Crippen LogP contribution in [0.1, 0.15) is 26.4 Å². The van der Waals surface area contributed by atoms with Gasteiger partial charge in [0.05, 0.1) is 0 Å². The summed E-state index contributed by atoms with van der Waals surface area (Å²) in [7, 11) is 1.69. The number of nitrogens with one attached hydrogen (secondary N) is 1. The Balaban J connectivity index is 1.44. The number of ether oxygens (including phenoxy) is 2. The molecule has 1 aliphatic heterocycles. The van der Waals surface area contributed by atoms with E-state index >= 15 is 0 Å². The predicted molar refractivity (Wildman–Crippen MR) is 107 cm³/mol. The van der Waals surface area contributed by atoms with Crippen molar-refractivity contribution in [2.45, 2.75) is 6.54 Å². The molecule has 7 heteroatoms. The topological polar surface area (TPSA) is 80.8 Å². The minimum Gasteiger partial charge on any atom is -0.454 e. The molecule has 0 radical (unpaired) electrons. The number of hydrogen-bond acceptors (Lipinski definition) is 5. The van der Waals surface area contributed by atoms with Crippen molar-refractivity contribution in [3.63, 3.8) is 0 Å². The van der Waals surface area contributed by atoms with E-state index in [9.17, 15) is 9.59 Å². The van der Waals surface area contributed by atoms with Gasteiger partial charge in [-0.1, -0.05) is 24.3 Å². The van der Waals surface area contributed by atoms with Crippen LogP contribution in [0.15, 0.2) is 66.9 Å². The van der Waals surface area contributed by atoms with Crippen LogP contribution >= 0.6 is 0 Å². The van der Waals surface area contributed by atoms with Crippen LogP contribution in [0.5, 0.6) is 11.5 Å². The van der Waals surface area contributed by atoms with Gasteiger partial charge in [0.1, 0.15) is 5.69 Å². The fourth-order valence-electron chi connectivity index (χ4n) is 2.97. The second kappa shape index (κ2) is 8.02. The monoisotopic (exact) mass is 389 g/mol. The van der Waals surface area contributed by atoms with Crippen molar-refractivity contribution in [2.75, 3.05) is 18.7 Å². The van der Waals surface area contributed by atoms with Gasteiger partial charge >= 0.3 is 0 Å². The van der Waals surface area contributed by atoms with Crippen molar-refractivity contribution in [2.24, 2.45) is 0 Å². The molecule has 0 saturated carbocycles. The Morgan fingerprint density at radius 1 is 1.03 bits per heavy atom. The van der Waals surface area contributed by atoms with Crippen LogP contribution in [-0.2, 0) is 6.54 Å². The number of benzene rings is 2. The quantitative estimate of drug-likeness (QED) is 0.726. The molecule has 2 amide bonds. The smallest absolute Gasteiger partial charge is 0.270 e. The zero-order valence-electron chi connectivity index (χ0n) is 15.8. The summed E-state index contributed by atoms with van der Waals surface area (Å²) < 4.78 is 10.6. The lowest BCUT2D eigenvalue weighted by Gasteiger charge is -2.17. The van der Waals surface area contributed by atoms with E-state index in [0.29, 0.717) is 23.6 Å². The molecule has 2 heterocycles. The molecule has 146 valence electrons. The molecule has 0 aliphatic carbocycles. The van der Waals surface area contributed by atoms with Gasteiger partial charge in [0, 0.05) is 31.0 Å². The van der Waals surface area contributed by atoms with E-state index in [1.54, 1.807) is 19.2 Å². The van der Waals surface area contributed by atoms with E-state index in [-0.39, 0.29) is 24.3 Å². The fourth-order valence-corrected chi connectivity index (χ4v) is 2.97. The first kappa shape index (κ1) is 18.5. The molecule has 0 saturated heterocycles. The number of carbonyl (C=O) groups excluding carboxylic acids is 2. The highest BCUT2D eigenvalue weighted by Crippen LogP contribution is 2.32. The summed E-state index contributed by atoms with van der Waals surface area (Å²) in [4.78, 5) is 30.9. The average Bonchev–Trinajstić information content (AvgIpc) is 3.25. The largest absolute Gasteiger partial charge is 0.454 e. The number of amides is 2. The average molecular weight is 389 g/mol. The summed E-state index contributed by atoms with van der Waals surface area (Å²) in [6.07, 6.45) is 1.46. The Kier molecular flexibility index (Phi) is 5.11. The number of nitrogens with zero attached hydrogens (tertiary/aromatic N) is 2. The van der Waals surface area contributed by atoms with Gasteiger partial charge in [0.25, 0.3) is 11.8 Å². The lowest BCUT2D eigenvalue weighted by molar-refractivity contribution is 0.0946. The normalized spacial score (nSPS) is 11.8. The van der Waals surface area contributed by atoms with Gasteiger partial charge in [-0.05, 0) is 42.0 Å². The van der Waals surface area contributed by atoms with Crippen LogP contribution in [0.3, 0.4) is 0 Å². The van der Waals surface area contributed by atoms with Crippen molar-refractivity contribution in [1.82, 2.24) is 10.3 Å². The van der Waals surface area contributed by atoms with E-state index in [0.717, 1.165) is 11.3 Å². The SMILES string of the molecule is CN(C(=O)c1ccnc(C(=O)NCc2ccc3c(c2)OCO3)c1)c1ccccc1. The maximum absolute atomic E-state index is 12.7. The fraction of sp³-hybridized carbons (Fsp3) is 0.136. The molecule has 1 aromatic heterocycles. The number of hydrogen-bond donors (Lipinski definition) is 1. The Morgan fingerprint density at radius 2 is 1.83 bits per heavy atom. The van der Waals surface area contributed by atoms with Crippen molar-refractivity contribution >= 4 is 17.5 Å². The van der Waals surface area contributed by atoms with Crippen LogP contribution in [0.25, 0.3) is 0 Å². The molecular weight excluding hydrogens is 370 g/mol. The third-order valence-corrected chi connectivity index (χ3v) is 4.58. The summed E-state index contributed by atoms with van der Waals surface area (Å²) in [5.41, 5.74) is 2.21. The van der Waals surface area contributed by atoms with Gasteiger partial charge in [-0.15, -0.1) is 0 Å². The summed E-state index contributed by atoms with van der Waals surface area (Å²) in [6.45, 7) is 0.507. The van der Waals surface area contributed by atoms with E-state index in [4.69, 9.17) is 9.47 Å². The Bertz CT molecular complexity index is 1050. The van der Waals surface area contributed by atoms with Crippen molar-refractivity contribution in [3.05, 3.63) is 83.7 Å². The molecule has 0 fully saturated rings. The van der Waals surface area contributed by atoms with Gasteiger partial charge in [0.15, 0.2) is 11.5 Å². The van der Waals surface area contributed by atoms with Gasteiger partial charge in [0.2, 0.25) is 6.79 Å². The molecule has 0 unspecified atom stereocenters. The number of pyridine rings is 1. The second-order valence-corrected chi connectivity index (χ2v) is 6.50. The summed E-state index contributed by atoms with van der Waals surface area (Å²) >= 11 is 0. The Hall–Kier alpha value is -3.87. The summed E-state index contributed by atoms with van der Waals surface area (Å²) in [6, 6.07) is 17.9. The molecule has 1 N–H and O–H groups in total. The van der Waals surface area contributed by atoms with Crippen LogP contribution in [0, 0.1) is 0 Å². The number of rotatable bonds is 5. The lowest BCUT2D eigenvalue weighted by atomic mass is 10.1. The highest BCUT2D eigenvalue weighted by atomic mass is 16.7. The van der Waals surface area contributed by atoms with E-state index < -0.39 is 0 Å². The third kappa shape index (κ3) is 4.03. The number of fused-ring (bicyclic) bond motifs is 1. The molecule has 7 nitrogen and oxygen atoms in total. The van der Waals surface area contributed by atoms with Crippen LogP contribution in [-0.4, -0.2) is 30.6 Å². The zero-order chi connectivity index (χ0) is 20.2. The van der Waals surface area contributed by atoms with Crippen molar-refractivity contribution in [3.8, 4) is 11.5 Å². The molecule has 0 atom stereocenters. The maximum Gasteiger partial charge on any atom is 0.270 e. The Morgan fingerprint density at radius 3 is 2.66 bits per heavy atom. The first-order valence-electron chi connectivity index (χ1n) is 9.08. The van der Waals surface area contributed by atoms with Crippen LogP contribution < -0.4 is 19.7 Å². The molecule has 29 heavy (non-hydrogen) atoms. The van der Waals surface area contributed by atoms with Gasteiger partial charge < -0.3 is 19.7 Å². The predicted octanol–water partition coefficient (Wildman–Crippen LogP) is 3.02. The van der Waals surface area contributed by atoms with Gasteiger partial charge in [-0.25, -0.2) is 0 Å². The minimum atomic E-state index is -0.361. The van der Waals surface area contributed by atoms with Crippen molar-refractivity contribution in [1.29, 1.82) is 0 Å². The number of anilines is 1. The highest BCUT2D eigenvalue weighted by molar-refractivity contribution is 6.06.